The molecular weight excluding hydrogens is 152 g/mol. The summed E-state index contributed by atoms with van der Waals surface area (Å²) < 4.78 is 5.33. The van der Waals surface area contributed by atoms with Gasteiger partial charge in [0, 0.05) is 6.07 Å². The molecule has 0 aromatic carbocycles. The summed E-state index contributed by atoms with van der Waals surface area (Å²) in [5, 5.41) is 7.76. The lowest BCUT2D eigenvalue weighted by molar-refractivity contribution is 0.294. The van der Waals surface area contributed by atoms with Crippen LogP contribution in [0.3, 0.4) is 0 Å². The molecule has 0 atom stereocenters. The molecule has 0 bridgehead atoms. The van der Waals surface area contributed by atoms with E-state index in [1.807, 2.05) is 19.1 Å². The lowest BCUT2D eigenvalue weighted by Gasteiger charge is -2.02. The molecule has 1 rings (SSSR count). The van der Waals surface area contributed by atoms with Crippen molar-refractivity contribution in [1.29, 1.82) is 0 Å². The van der Waals surface area contributed by atoms with Crippen molar-refractivity contribution in [2.24, 2.45) is 0 Å². The monoisotopic (exact) mass is 166 g/mol. The van der Waals surface area contributed by atoms with E-state index in [-0.39, 0.29) is 0 Å². The van der Waals surface area contributed by atoms with Crippen LogP contribution in [0.15, 0.2) is 12.1 Å². The number of aromatic nitrogens is 2. The number of hydrogen-bond donors (Lipinski definition) is 0. The topological polar surface area (TPSA) is 35.0 Å². The highest BCUT2D eigenvalue weighted by Crippen LogP contribution is 2.04. The molecule has 1 aromatic rings. The normalized spacial score (nSPS) is 9.83. The van der Waals surface area contributed by atoms with E-state index in [0.29, 0.717) is 5.88 Å². The van der Waals surface area contributed by atoms with E-state index in [4.69, 9.17) is 4.74 Å². The molecule has 3 nitrogen and oxygen atoms in total. The van der Waals surface area contributed by atoms with Crippen LogP contribution in [-0.2, 0) is 0 Å². The Morgan fingerprint density at radius 1 is 1.33 bits per heavy atom. The van der Waals surface area contributed by atoms with Gasteiger partial charge in [0.05, 0.1) is 12.3 Å². The zero-order valence-electron chi connectivity index (χ0n) is 7.58. The predicted molar refractivity (Wildman–Crippen MR) is 47.2 cm³/mol. The van der Waals surface area contributed by atoms with Crippen LogP contribution >= 0.6 is 0 Å². The maximum absolute atomic E-state index is 5.33. The fourth-order valence-corrected chi connectivity index (χ4v) is 0.785. The Bertz CT molecular complexity index is 220. The third-order valence-corrected chi connectivity index (χ3v) is 1.52. The van der Waals surface area contributed by atoms with E-state index in [9.17, 15) is 0 Å². The van der Waals surface area contributed by atoms with Gasteiger partial charge in [0.15, 0.2) is 0 Å². The van der Waals surface area contributed by atoms with E-state index in [1.165, 1.54) is 0 Å². The molecule has 0 amide bonds. The van der Waals surface area contributed by atoms with Crippen LogP contribution in [0.5, 0.6) is 5.88 Å². The second kappa shape index (κ2) is 4.70. The molecular formula is C9H14N2O. The molecule has 1 aromatic heterocycles. The number of aryl methyl sites for hydroxylation is 1. The van der Waals surface area contributed by atoms with Crippen molar-refractivity contribution < 1.29 is 4.74 Å². The fourth-order valence-electron chi connectivity index (χ4n) is 0.785. The van der Waals surface area contributed by atoms with E-state index >= 15 is 0 Å². The van der Waals surface area contributed by atoms with Gasteiger partial charge in [-0.05, 0) is 19.4 Å². The average Bonchev–Trinajstić information content (AvgIpc) is 2.09. The SMILES string of the molecule is CCCCOc1ccc(C)nn1. The highest BCUT2D eigenvalue weighted by atomic mass is 16.5. The molecule has 0 radical (unpaired) electrons. The molecule has 3 heteroatoms. The first-order valence-electron chi connectivity index (χ1n) is 4.26. The van der Waals surface area contributed by atoms with Crippen molar-refractivity contribution in [1.82, 2.24) is 10.2 Å². The summed E-state index contributed by atoms with van der Waals surface area (Å²) in [6.45, 7) is 4.77. The van der Waals surface area contributed by atoms with E-state index in [1.54, 1.807) is 0 Å². The lowest BCUT2D eigenvalue weighted by Crippen LogP contribution is -1.99. The zero-order chi connectivity index (χ0) is 8.81. The van der Waals surface area contributed by atoms with Gasteiger partial charge in [0.25, 0.3) is 0 Å². The molecule has 0 saturated carbocycles. The quantitative estimate of drug-likeness (QED) is 0.641. The molecule has 0 unspecified atom stereocenters. The van der Waals surface area contributed by atoms with Gasteiger partial charge in [-0.15, -0.1) is 5.10 Å². The second-order valence-electron chi connectivity index (χ2n) is 2.71. The molecule has 0 spiro atoms. The van der Waals surface area contributed by atoms with Crippen molar-refractivity contribution in [3.63, 3.8) is 0 Å². The van der Waals surface area contributed by atoms with Gasteiger partial charge in [-0.25, -0.2) is 0 Å². The Labute approximate surface area is 72.8 Å². The number of ether oxygens (including phenoxy) is 1. The molecule has 12 heavy (non-hydrogen) atoms. The molecule has 0 saturated heterocycles. The first-order chi connectivity index (χ1) is 5.83. The summed E-state index contributed by atoms with van der Waals surface area (Å²) in [6.07, 6.45) is 2.20. The second-order valence-corrected chi connectivity index (χ2v) is 2.71. The lowest BCUT2D eigenvalue weighted by atomic mass is 10.4. The number of unbranched alkanes of at least 4 members (excludes halogenated alkanes) is 1. The van der Waals surface area contributed by atoms with Gasteiger partial charge >= 0.3 is 0 Å². The molecule has 0 aliphatic carbocycles. The van der Waals surface area contributed by atoms with Crippen molar-refractivity contribution in [2.45, 2.75) is 26.7 Å². The van der Waals surface area contributed by atoms with Crippen LogP contribution in [0.25, 0.3) is 0 Å². The minimum Gasteiger partial charge on any atom is -0.477 e. The molecule has 0 fully saturated rings. The van der Waals surface area contributed by atoms with Crippen LogP contribution in [0.1, 0.15) is 25.5 Å². The van der Waals surface area contributed by atoms with Gasteiger partial charge in [0.2, 0.25) is 5.88 Å². The van der Waals surface area contributed by atoms with E-state index < -0.39 is 0 Å². The smallest absolute Gasteiger partial charge is 0.233 e. The fraction of sp³-hybridized carbons (Fsp3) is 0.556. The summed E-state index contributed by atoms with van der Waals surface area (Å²) in [7, 11) is 0. The summed E-state index contributed by atoms with van der Waals surface area (Å²) in [4.78, 5) is 0. The highest BCUT2D eigenvalue weighted by Gasteiger charge is 1.93. The average molecular weight is 166 g/mol. The van der Waals surface area contributed by atoms with Crippen LogP contribution in [0.4, 0.5) is 0 Å². The van der Waals surface area contributed by atoms with Crippen molar-refractivity contribution >= 4 is 0 Å². The largest absolute Gasteiger partial charge is 0.477 e. The highest BCUT2D eigenvalue weighted by molar-refractivity contribution is 5.09. The number of hydrogen-bond acceptors (Lipinski definition) is 3. The summed E-state index contributed by atoms with van der Waals surface area (Å²) in [5.41, 5.74) is 0.915. The van der Waals surface area contributed by atoms with Gasteiger partial charge in [-0.3, -0.25) is 0 Å². The van der Waals surface area contributed by atoms with Gasteiger partial charge < -0.3 is 4.74 Å². The molecule has 0 N–H and O–H groups in total. The van der Waals surface area contributed by atoms with Crippen LogP contribution < -0.4 is 4.74 Å². The van der Waals surface area contributed by atoms with Gasteiger partial charge in [-0.1, -0.05) is 13.3 Å². The van der Waals surface area contributed by atoms with E-state index in [2.05, 4.69) is 17.1 Å². The molecule has 66 valence electrons. The first-order valence-corrected chi connectivity index (χ1v) is 4.26. The van der Waals surface area contributed by atoms with Crippen LogP contribution in [0, 0.1) is 6.92 Å². The number of nitrogens with zero attached hydrogens (tertiary/aromatic N) is 2. The predicted octanol–water partition coefficient (Wildman–Crippen LogP) is 1.96. The minimum absolute atomic E-state index is 0.619. The Kier molecular flexibility index (Phi) is 3.51. The minimum atomic E-state index is 0.619. The van der Waals surface area contributed by atoms with Gasteiger partial charge in [-0.2, -0.15) is 5.10 Å². The standard InChI is InChI=1S/C9H14N2O/c1-3-4-7-12-9-6-5-8(2)10-11-9/h5-6H,3-4,7H2,1-2H3. The first kappa shape index (κ1) is 8.97. The molecule has 0 aliphatic heterocycles. The van der Waals surface area contributed by atoms with Gasteiger partial charge in [0.1, 0.15) is 0 Å². The number of rotatable bonds is 4. The summed E-state index contributed by atoms with van der Waals surface area (Å²) in [6, 6.07) is 3.74. The Morgan fingerprint density at radius 2 is 2.17 bits per heavy atom. The van der Waals surface area contributed by atoms with E-state index in [0.717, 1.165) is 25.1 Å². The Balaban J connectivity index is 2.37. The third-order valence-electron chi connectivity index (χ3n) is 1.52. The molecule has 0 aliphatic rings. The maximum Gasteiger partial charge on any atom is 0.233 e. The molecule has 1 heterocycles. The van der Waals surface area contributed by atoms with Crippen molar-refractivity contribution in [3.05, 3.63) is 17.8 Å². The third kappa shape index (κ3) is 2.86. The van der Waals surface area contributed by atoms with Crippen LogP contribution in [-0.4, -0.2) is 16.8 Å². The maximum atomic E-state index is 5.33. The van der Waals surface area contributed by atoms with Crippen LogP contribution in [0.2, 0.25) is 0 Å². The Hall–Kier alpha value is -1.12. The summed E-state index contributed by atoms with van der Waals surface area (Å²) in [5.74, 6) is 0.619. The summed E-state index contributed by atoms with van der Waals surface area (Å²) >= 11 is 0. The van der Waals surface area contributed by atoms with Crippen molar-refractivity contribution in [3.8, 4) is 5.88 Å². The zero-order valence-corrected chi connectivity index (χ0v) is 7.58. The Morgan fingerprint density at radius 3 is 2.75 bits per heavy atom. The van der Waals surface area contributed by atoms with Crippen molar-refractivity contribution in [2.75, 3.05) is 6.61 Å².